The zero-order valence-corrected chi connectivity index (χ0v) is 16.0. The van der Waals surface area contributed by atoms with Gasteiger partial charge in [-0.05, 0) is 6.04 Å². The fourth-order valence-corrected chi connectivity index (χ4v) is 3.71. The van der Waals surface area contributed by atoms with Crippen molar-refractivity contribution in [3.63, 3.8) is 0 Å². The molecule has 140 valence electrons. The van der Waals surface area contributed by atoms with Gasteiger partial charge in [-0.25, -0.2) is 0 Å². The van der Waals surface area contributed by atoms with Crippen molar-refractivity contribution in [2.75, 3.05) is 13.2 Å². The van der Waals surface area contributed by atoms with Gasteiger partial charge in [-0.1, -0.05) is 50.0 Å². The summed E-state index contributed by atoms with van der Waals surface area (Å²) >= 11 is 0. The van der Waals surface area contributed by atoms with Gasteiger partial charge in [0.1, 0.15) is 24.4 Å². The highest BCUT2D eigenvalue weighted by Crippen LogP contribution is 2.34. The molecule has 25 heavy (non-hydrogen) atoms. The molecular weight excluding hydrogens is 340 g/mol. The smallest absolute Gasteiger partial charge is 0.186 e. The summed E-state index contributed by atoms with van der Waals surface area (Å²) in [4.78, 5) is 0. The predicted octanol–water partition coefficient (Wildman–Crippen LogP) is 1.90. The number of ether oxygens (including phenoxy) is 4. The summed E-state index contributed by atoms with van der Waals surface area (Å²) in [7, 11) is -1.24. The molecule has 0 aromatic heterocycles. The van der Waals surface area contributed by atoms with E-state index in [4.69, 9.17) is 18.9 Å². The molecule has 6 nitrogen and oxygen atoms in total. The first-order valence-electron chi connectivity index (χ1n) is 8.80. The minimum Gasteiger partial charge on any atom is -0.387 e. The first-order valence-corrected chi connectivity index (χ1v) is 12.5. The third-order valence-corrected chi connectivity index (χ3v) is 6.24. The fourth-order valence-electron chi connectivity index (χ4n) is 2.98. The molecular formula is C18H28O6Si. The molecule has 6 atom stereocenters. The van der Waals surface area contributed by atoms with E-state index in [1.165, 1.54) is 0 Å². The average molecular weight is 369 g/mol. The van der Waals surface area contributed by atoms with Gasteiger partial charge in [0, 0.05) is 20.2 Å². The van der Waals surface area contributed by atoms with Crippen molar-refractivity contribution >= 4 is 8.07 Å². The Morgan fingerprint density at radius 3 is 2.48 bits per heavy atom. The van der Waals surface area contributed by atoms with Gasteiger partial charge in [-0.3, -0.25) is 0 Å². The molecule has 3 rings (SSSR count). The van der Waals surface area contributed by atoms with Gasteiger partial charge in [0.05, 0.1) is 6.61 Å². The lowest BCUT2D eigenvalue weighted by molar-refractivity contribution is -0.360. The third kappa shape index (κ3) is 4.68. The van der Waals surface area contributed by atoms with Crippen molar-refractivity contribution in [2.24, 2.45) is 0 Å². The Bertz CT molecular complexity index is 546. The van der Waals surface area contributed by atoms with E-state index in [2.05, 4.69) is 19.6 Å². The highest BCUT2D eigenvalue weighted by Gasteiger charge is 2.49. The molecule has 2 aliphatic rings. The lowest BCUT2D eigenvalue weighted by Gasteiger charge is -2.46. The maximum atomic E-state index is 10.5. The van der Waals surface area contributed by atoms with E-state index in [1.54, 1.807) is 0 Å². The number of hydrogen-bond acceptors (Lipinski definition) is 6. The Hall–Kier alpha value is -0.803. The van der Waals surface area contributed by atoms with Crippen LogP contribution in [0.2, 0.25) is 25.7 Å². The van der Waals surface area contributed by atoms with Crippen LogP contribution >= 0.6 is 0 Å². The molecule has 0 radical (unpaired) electrons. The van der Waals surface area contributed by atoms with Crippen LogP contribution in [0.25, 0.3) is 0 Å². The SMILES string of the molecule is C[Si](C)(C)CCO[C@@H]1O[C@@H]2CO[C@H](c3ccccc3)O[C@@H]2[C@H](O)[C@H]1O. The summed E-state index contributed by atoms with van der Waals surface area (Å²) in [6.07, 6.45) is -4.76. The summed E-state index contributed by atoms with van der Waals surface area (Å²) in [6.45, 7) is 7.56. The summed E-state index contributed by atoms with van der Waals surface area (Å²) in [6, 6.07) is 10.5. The summed E-state index contributed by atoms with van der Waals surface area (Å²) in [5.41, 5.74) is 0.871. The highest BCUT2D eigenvalue weighted by atomic mass is 28.3. The van der Waals surface area contributed by atoms with Gasteiger partial charge in [-0.15, -0.1) is 0 Å². The van der Waals surface area contributed by atoms with Crippen LogP contribution in [0.15, 0.2) is 30.3 Å². The van der Waals surface area contributed by atoms with Crippen molar-refractivity contribution in [3.8, 4) is 0 Å². The largest absolute Gasteiger partial charge is 0.387 e. The second-order valence-electron chi connectivity index (χ2n) is 7.88. The van der Waals surface area contributed by atoms with E-state index in [0.29, 0.717) is 6.61 Å². The Labute approximate surface area is 149 Å². The molecule has 0 bridgehead atoms. The number of benzene rings is 1. The number of aliphatic hydroxyl groups is 2. The number of fused-ring (bicyclic) bond motifs is 1. The second-order valence-corrected chi connectivity index (χ2v) is 13.5. The van der Waals surface area contributed by atoms with Gasteiger partial charge in [0.25, 0.3) is 0 Å². The van der Waals surface area contributed by atoms with Gasteiger partial charge in [-0.2, -0.15) is 0 Å². The molecule has 1 aromatic carbocycles. The zero-order chi connectivity index (χ0) is 18.0. The third-order valence-electron chi connectivity index (χ3n) is 4.54. The molecule has 2 saturated heterocycles. The minimum atomic E-state index is -1.24. The summed E-state index contributed by atoms with van der Waals surface area (Å²) in [5.74, 6) is 0. The molecule has 2 heterocycles. The van der Waals surface area contributed by atoms with Crippen LogP contribution in [0.1, 0.15) is 11.9 Å². The van der Waals surface area contributed by atoms with Gasteiger partial charge < -0.3 is 29.2 Å². The molecule has 0 aliphatic carbocycles. The normalized spacial score (nSPS) is 36.0. The van der Waals surface area contributed by atoms with Crippen LogP contribution in [0, 0.1) is 0 Å². The number of aliphatic hydroxyl groups excluding tert-OH is 2. The van der Waals surface area contributed by atoms with Crippen LogP contribution in [0.5, 0.6) is 0 Å². The van der Waals surface area contributed by atoms with E-state index in [0.717, 1.165) is 11.6 Å². The molecule has 2 fully saturated rings. The van der Waals surface area contributed by atoms with Gasteiger partial charge >= 0.3 is 0 Å². The van der Waals surface area contributed by atoms with Gasteiger partial charge in [0.2, 0.25) is 0 Å². The monoisotopic (exact) mass is 368 g/mol. The van der Waals surface area contributed by atoms with E-state index in [9.17, 15) is 10.2 Å². The van der Waals surface area contributed by atoms with E-state index in [1.807, 2.05) is 30.3 Å². The number of rotatable bonds is 5. The van der Waals surface area contributed by atoms with Crippen molar-refractivity contribution < 1.29 is 29.2 Å². The Morgan fingerprint density at radius 2 is 1.80 bits per heavy atom. The molecule has 0 unspecified atom stereocenters. The van der Waals surface area contributed by atoms with Crippen molar-refractivity contribution in [3.05, 3.63) is 35.9 Å². The maximum Gasteiger partial charge on any atom is 0.186 e. The van der Waals surface area contributed by atoms with Gasteiger partial charge in [0.15, 0.2) is 12.6 Å². The van der Waals surface area contributed by atoms with E-state index < -0.39 is 45.1 Å². The Morgan fingerprint density at radius 1 is 1.08 bits per heavy atom. The highest BCUT2D eigenvalue weighted by molar-refractivity contribution is 6.76. The zero-order valence-electron chi connectivity index (χ0n) is 15.0. The van der Waals surface area contributed by atoms with Crippen LogP contribution in [0.3, 0.4) is 0 Å². The van der Waals surface area contributed by atoms with Crippen LogP contribution < -0.4 is 0 Å². The minimum absolute atomic E-state index is 0.280. The Balaban J connectivity index is 1.60. The standard InChI is InChI=1S/C18H28O6Si/c1-25(2,3)10-9-21-18-15(20)14(19)16-13(23-18)11-22-17(24-16)12-7-5-4-6-8-12/h4-8,13-20H,9-11H2,1-3H3/t13-,14-,15-,16+,17+,18-/m1/s1. The second kappa shape index (κ2) is 7.83. The topological polar surface area (TPSA) is 77.4 Å². The first kappa shape index (κ1) is 19.0. The van der Waals surface area contributed by atoms with Crippen molar-refractivity contribution in [1.82, 2.24) is 0 Å². The maximum absolute atomic E-state index is 10.5. The van der Waals surface area contributed by atoms with E-state index in [-0.39, 0.29) is 6.61 Å². The molecule has 7 heteroatoms. The molecule has 0 spiro atoms. The molecule has 2 N–H and O–H groups in total. The van der Waals surface area contributed by atoms with Crippen molar-refractivity contribution in [1.29, 1.82) is 0 Å². The summed E-state index contributed by atoms with van der Waals surface area (Å²) < 4.78 is 23.1. The average Bonchev–Trinajstić information content (AvgIpc) is 2.59. The lowest BCUT2D eigenvalue weighted by Crippen LogP contribution is -2.62. The quantitative estimate of drug-likeness (QED) is 0.773. The lowest BCUT2D eigenvalue weighted by atomic mass is 9.98. The van der Waals surface area contributed by atoms with E-state index >= 15 is 0 Å². The number of hydrogen-bond donors (Lipinski definition) is 2. The van der Waals surface area contributed by atoms with Crippen LogP contribution in [0.4, 0.5) is 0 Å². The fraction of sp³-hybridized carbons (Fsp3) is 0.667. The van der Waals surface area contributed by atoms with Crippen molar-refractivity contribution in [2.45, 2.75) is 62.7 Å². The Kier molecular flexibility index (Phi) is 5.94. The molecule has 1 aromatic rings. The molecule has 2 aliphatic heterocycles. The summed E-state index contributed by atoms with van der Waals surface area (Å²) in [5, 5.41) is 20.8. The first-order chi connectivity index (χ1) is 11.8. The van der Waals surface area contributed by atoms with Crippen LogP contribution in [-0.4, -0.2) is 62.2 Å². The predicted molar refractivity (Wildman–Crippen MR) is 94.8 cm³/mol. The van der Waals surface area contributed by atoms with Crippen LogP contribution in [-0.2, 0) is 18.9 Å². The molecule has 0 saturated carbocycles. The molecule has 0 amide bonds.